The van der Waals surface area contributed by atoms with Crippen LogP contribution in [0.15, 0.2) is 0 Å². The van der Waals surface area contributed by atoms with Crippen LogP contribution in [0.25, 0.3) is 0 Å². The molecule has 0 radical (unpaired) electrons. The van der Waals surface area contributed by atoms with E-state index in [2.05, 4.69) is 5.32 Å². The molecule has 0 heterocycles. The van der Waals surface area contributed by atoms with E-state index in [-0.39, 0.29) is 18.9 Å². The van der Waals surface area contributed by atoms with Crippen LogP contribution < -0.4 is 5.32 Å². The van der Waals surface area contributed by atoms with E-state index in [1.54, 1.807) is 13.8 Å². The Hall–Kier alpha value is -0.870. The first-order chi connectivity index (χ1) is 6.39. The first kappa shape index (κ1) is 11.2. The zero-order valence-corrected chi connectivity index (χ0v) is 8.35. The zero-order valence-electron chi connectivity index (χ0n) is 8.35. The van der Waals surface area contributed by atoms with Crippen molar-refractivity contribution in [3.8, 4) is 0 Å². The second-order valence-corrected chi connectivity index (χ2v) is 3.89. The number of nitrogens with one attached hydrogen (secondary N) is 1. The lowest BCUT2D eigenvalue weighted by Gasteiger charge is -2.14. The largest absolute Gasteiger partial charge is 0.447 e. The highest BCUT2D eigenvalue weighted by atomic mass is 19.3. The van der Waals surface area contributed by atoms with Crippen LogP contribution in [0.5, 0.6) is 0 Å². The van der Waals surface area contributed by atoms with Crippen molar-refractivity contribution in [3.63, 3.8) is 0 Å². The van der Waals surface area contributed by atoms with Crippen molar-refractivity contribution in [3.05, 3.63) is 0 Å². The molecule has 1 aliphatic rings. The van der Waals surface area contributed by atoms with Gasteiger partial charge in [-0.25, -0.2) is 13.6 Å². The summed E-state index contributed by atoms with van der Waals surface area (Å²) in [7, 11) is 0. The molecule has 82 valence electrons. The number of rotatable bonds is 2. The van der Waals surface area contributed by atoms with Crippen molar-refractivity contribution in [1.29, 1.82) is 0 Å². The van der Waals surface area contributed by atoms with Crippen LogP contribution in [-0.4, -0.2) is 24.2 Å². The summed E-state index contributed by atoms with van der Waals surface area (Å²) >= 11 is 0. The molecular formula is C9H15F2NO2. The second-order valence-electron chi connectivity index (χ2n) is 3.89. The maximum Gasteiger partial charge on any atom is 0.407 e. The van der Waals surface area contributed by atoms with E-state index < -0.39 is 18.1 Å². The van der Waals surface area contributed by atoms with Crippen molar-refractivity contribution < 1.29 is 18.3 Å². The van der Waals surface area contributed by atoms with E-state index >= 15 is 0 Å². The quantitative estimate of drug-likeness (QED) is 0.754. The van der Waals surface area contributed by atoms with E-state index in [0.717, 1.165) is 0 Å². The third-order valence-corrected chi connectivity index (χ3v) is 2.07. The fourth-order valence-corrected chi connectivity index (χ4v) is 1.49. The van der Waals surface area contributed by atoms with E-state index in [4.69, 9.17) is 4.74 Å². The summed E-state index contributed by atoms with van der Waals surface area (Å²) in [4.78, 5) is 11.0. The maximum atomic E-state index is 12.7. The Balaban J connectivity index is 2.29. The summed E-state index contributed by atoms with van der Waals surface area (Å²) in [5.74, 6) is -2.63. The van der Waals surface area contributed by atoms with Crippen LogP contribution in [0, 0.1) is 0 Å². The summed E-state index contributed by atoms with van der Waals surface area (Å²) in [5, 5.41) is 2.42. The van der Waals surface area contributed by atoms with Crippen LogP contribution in [0.4, 0.5) is 13.6 Å². The van der Waals surface area contributed by atoms with Crippen LogP contribution in [-0.2, 0) is 4.74 Å². The van der Waals surface area contributed by atoms with Crippen LogP contribution in [0.3, 0.4) is 0 Å². The minimum atomic E-state index is -2.63. The first-order valence-corrected chi connectivity index (χ1v) is 4.74. The molecule has 0 aromatic rings. The van der Waals surface area contributed by atoms with Crippen molar-refractivity contribution in [2.24, 2.45) is 0 Å². The molecule has 0 saturated heterocycles. The van der Waals surface area contributed by atoms with Gasteiger partial charge in [0, 0.05) is 18.9 Å². The van der Waals surface area contributed by atoms with E-state index in [1.807, 2.05) is 0 Å². The molecule has 1 saturated carbocycles. The van der Waals surface area contributed by atoms with E-state index in [1.165, 1.54) is 0 Å². The topological polar surface area (TPSA) is 38.3 Å². The molecule has 1 N–H and O–H groups in total. The van der Waals surface area contributed by atoms with Gasteiger partial charge in [-0.15, -0.1) is 0 Å². The number of halogens is 2. The van der Waals surface area contributed by atoms with Gasteiger partial charge < -0.3 is 10.1 Å². The van der Waals surface area contributed by atoms with Gasteiger partial charge in [-0.1, -0.05) is 0 Å². The number of alkyl halides is 2. The predicted octanol–water partition coefficient (Wildman–Crippen LogP) is 2.31. The summed E-state index contributed by atoms with van der Waals surface area (Å²) in [6.07, 6.45) is -0.945. The Morgan fingerprint density at radius 2 is 2.21 bits per heavy atom. The van der Waals surface area contributed by atoms with E-state index in [0.29, 0.717) is 6.42 Å². The van der Waals surface area contributed by atoms with Crippen molar-refractivity contribution in [1.82, 2.24) is 5.32 Å². The predicted molar refractivity (Wildman–Crippen MR) is 47.3 cm³/mol. The van der Waals surface area contributed by atoms with Gasteiger partial charge in [0.2, 0.25) is 5.92 Å². The highest BCUT2D eigenvalue weighted by Crippen LogP contribution is 2.34. The van der Waals surface area contributed by atoms with Gasteiger partial charge in [0.15, 0.2) is 0 Å². The molecule has 14 heavy (non-hydrogen) atoms. The third kappa shape index (κ3) is 3.47. The summed E-state index contributed by atoms with van der Waals surface area (Å²) < 4.78 is 30.2. The molecule has 1 atom stereocenters. The van der Waals surface area contributed by atoms with Crippen LogP contribution in [0.1, 0.15) is 33.1 Å². The standard InChI is InChI=1S/C9H15F2NO2/c1-6(2)14-8(13)12-7-3-4-9(10,11)5-7/h6-7H,3-5H2,1-2H3,(H,12,13). The van der Waals surface area contributed by atoms with Gasteiger partial charge >= 0.3 is 6.09 Å². The molecule has 0 aliphatic heterocycles. The van der Waals surface area contributed by atoms with Gasteiger partial charge in [0.05, 0.1) is 6.10 Å². The SMILES string of the molecule is CC(C)OC(=O)NC1CCC(F)(F)C1. The van der Waals surface area contributed by atoms with Crippen molar-refractivity contribution in [2.45, 2.75) is 51.2 Å². The Morgan fingerprint density at radius 1 is 1.57 bits per heavy atom. The summed E-state index contributed by atoms with van der Waals surface area (Å²) in [6, 6.07) is -0.448. The number of hydrogen-bond donors (Lipinski definition) is 1. The van der Waals surface area contributed by atoms with Gasteiger partial charge in [-0.2, -0.15) is 0 Å². The fourth-order valence-electron chi connectivity index (χ4n) is 1.49. The van der Waals surface area contributed by atoms with Crippen molar-refractivity contribution >= 4 is 6.09 Å². The lowest BCUT2D eigenvalue weighted by atomic mass is 10.2. The first-order valence-electron chi connectivity index (χ1n) is 4.74. The van der Waals surface area contributed by atoms with Gasteiger partial charge in [0.1, 0.15) is 0 Å². The smallest absolute Gasteiger partial charge is 0.407 e. The molecule has 1 unspecified atom stereocenters. The molecule has 5 heteroatoms. The zero-order chi connectivity index (χ0) is 10.8. The number of hydrogen-bond acceptors (Lipinski definition) is 2. The second kappa shape index (κ2) is 4.11. The highest BCUT2D eigenvalue weighted by molar-refractivity contribution is 5.67. The van der Waals surface area contributed by atoms with Gasteiger partial charge in [-0.05, 0) is 20.3 Å². The summed E-state index contributed by atoms with van der Waals surface area (Å²) in [5.41, 5.74) is 0. The molecule has 1 rings (SSSR count). The van der Waals surface area contributed by atoms with Crippen molar-refractivity contribution in [2.75, 3.05) is 0 Å². The molecule has 1 fully saturated rings. The molecule has 1 aliphatic carbocycles. The van der Waals surface area contributed by atoms with Crippen LogP contribution in [0.2, 0.25) is 0 Å². The van der Waals surface area contributed by atoms with E-state index in [9.17, 15) is 13.6 Å². The fraction of sp³-hybridized carbons (Fsp3) is 0.889. The minimum absolute atomic E-state index is 0.153. The minimum Gasteiger partial charge on any atom is -0.447 e. The lowest BCUT2D eigenvalue weighted by molar-refractivity contribution is 0.00684. The molecule has 0 aromatic carbocycles. The monoisotopic (exact) mass is 207 g/mol. The number of amides is 1. The Kier molecular flexibility index (Phi) is 3.29. The molecule has 0 spiro atoms. The number of ether oxygens (including phenoxy) is 1. The number of carbonyl (C=O) groups is 1. The highest BCUT2D eigenvalue weighted by Gasteiger charge is 2.40. The lowest BCUT2D eigenvalue weighted by Crippen LogP contribution is -2.35. The number of carbonyl (C=O) groups excluding carboxylic acids is 1. The molecular weight excluding hydrogens is 192 g/mol. The Morgan fingerprint density at radius 3 is 2.64 bits per heavy atom. The maximum absolute atomic E-state index is 12.7. The number of alkyl carbamates (subject to hydrolysis) is 1. The third-order valence-electron chi connectivity index (χ3n) is 2.07. The molecule has 0 bridgehead atoms. The summed E-state index contributed by atoms with van der Waals surface area (Å²) in [6.45, 7) is 3.42. The van der Waals surface area contributed by atoms with Gasteiger partial charge in [-0.3, -0.25) is 0 Å². The molecule has 0 aromatic heterocycles. The normalized spacial score (nSPS) is 25.1. The average molecular weight is 207 g/mol. The Bertz CT molecular complexity index is 219. The van der Waals surface area contributed by atoms with Gasteiger partial charge in [0.25, 0.3) is 0 Å². The van der Waals surface area contributed by atoms with Crippen LogP contribution >= 0.6 is 0 Å². The average Bonchev–Trinajstić information content (AvgIpc) is 2.27. The molecule has 3 nitrogen and oxygen atoms in total. The Labute approximate surface area is 81.8 Å². The molecule has 1 amide bonds.